The smallest absolute Gasteiger partial charge is 0.0945 e. The van der Waals surface area contributed by atoms with Crippen LogP contribution in [-0.4, -0.2) is 23.2 Å². The van der Waals surface area contributed by atoms with E-state index in [1.807, 2.05) is 6.92 Å². The lowest BCUT2D eigenvalue weighted by molar-refractivity contribution is -0.0961. The van der Waals surface area contributed by atoms with Crippen LogP contribution in [0.5, 0.6) is 0 Å². The lowest BCUT2D eigenvalue weighted by atomic mass is 9.74. The Balaban J connectivity index is 2.12. The predicted octanol–water partition coefficient (Wildman–Crippen LogP) is 2.81. The lowest BCUT2D eigenvalue weighted by Crippen LogP contribution is -2.57. The fourth-order valence-corrected chi connectivity index (χ4v) is 4.02. The van der Waals surface area contributed by atoms with Crippen LogP contribution in [0.4, 0.5) is 0 Å². The molecule has 2 rings (SSSR count). The van der Waals surface area contributed by atoms with Crippen LogP contribution in [0.3, 0.4) is 0 Å². The van der Waals surface area contributed by atoms with Crippen molar-refractivity contribution in [2.75, 3.05) is 6.61 Å². The second-order valence-electron chi connectivity index (χ2n) is 5.99. The van der Waals surface area contributed by atoms with Gasteiger partial charge < -0.3 is 4.74 Å². The number of rotatable bonds is 6. The number of nitrogens with two attached hydrogens (primary N) is 1. The highest BCUT2D eigenvalue weighted by atomic mass is 32.1. The summed E-state index contributed by atoms with van der Waals surface area (Å²) in [5, 5.41) is 3.24. The topological polar surface area (TPSA) is 60.2 Å². The summed E-state index contributed by atoms with van der Waals surface area (Å²) < 4.78 is 6.19. The molecule has 5 heteroatoms. The molecule has 1 saturated carbocycles. The van der Waals surface area contributed by atoms with Gasteiger partial charge in [0.1, 0.15) is 0 Å². The van der Waals surface area contributed by atoms with Gasteiger partial charge in [0.05, 0.1) is 16.7 Å². The van der Waals surface area contributed by atoms with E-state index in [9.17, 15) is 0 Å². The average molecular weight is 297 g/mol. The van der Waals surface area contributed by atoms with E-state index in [0.717, 1.165) is 42.5 Å². The zero-order valence-electron chi connectivity index (χ0n) is 12.8. The SMILES string of the molecule is CCOC1(C(Cc2nc(C)cs2)NN)CCC(C)CC1. The molecule has 0 radical (unpaired) electrons. The summed E-state index contributed by atoms with van der Waals surface area (Å²) in [6.07, 6.45) is 5.45. The number of hydrazine groups is 1. The van der Waals surface area contributed by atoms with E-state index in [1.165, 1.54) is 12.8 Å². The normalized spacial score (nSPS) is 28.5. The van der Waals surface area contributed by atoms with Crippen molar-refractivity contribution in [1.29, 1.82) is 0 Å². The standard InChI is InChI=1S/C15H27N3OS/c1-4-19-15(7-5-11(2)6-8-15)13(18-16)9-14-17-12(3)10-20-14/h10-11,13,18H,4-9,16H2,1-3H3. The van der Waals surface area contributed by atoms with E-state index in [0.29, 0.717) is 0 Å². The van der Waals surface area contributed by atoms with Gasteiger partial charge in [0, 0.05) is 24.1 Å². The highest BCUT2D eigenvalue weighted by Crippen LogP contribution is 2.38. The van der Waals surface area contributed by atoms with Crippen molar-refractivity contribution < 1.29 is 4.74 Å². The molecule has 1 fully saturated rings. The predicted molar refractivity (Wildman–Crippen MR) is 83.7 cm³/mol. The maximum atomic E-state index is 6.19. The minimum atomic E-state index is -0.129. The van der Waals surface area contributed by atoms with Crippen molar-refractivity contribution in [3.05, 3.63) is 16.1 Å². The Morgan fingerprint density at radius 3 is 2.75 bits per heavy atom. The van der Waals surface area contributed by atoms with Crippen LogP contribution in [0.15, 0.2) is 5.38 Å². The molecule has 0 aliphatic heterocycles. The van der Waals surface area contributed by atoms with Gasteiger partial charge in [-0.05, 0) is 45.4 Å². The molecule has 0 spiro atoms. The number of aromatic nitrogens is 1. The van der Waals surface area contributed by atoms with Gasteiger partial charge in [-0.2, -0.15) is 0 Å². The molecule has 0 saturated heterocycles. The number of hydrogen-bond acceptors (Lipinski definition) is 5. The van der Waals surface area contributed by atoms with E-state index < -0.39 is 0 Å². The van der Waals surface area contributed by atoms with Crippen molar-refractivity contribution >= 4 is 11.3 Å². The zero-order valence-corrected chi connectivity index (χ0v) is 13.6. The third-order valence-electron chi connectivity index (χ3n) is 4.43. The highest BCUT2D eigenvalue weighted by molar-refractivity contribution is 7.09. The first kappa shape index (κ1) is 15.9. The largest absolute Gasteiger partial charge is 0.374 e. The molecule has 1 aliphatic carbocycles. The fraction of sp³-hybridized carbons (Fsp3) is 0.800. The van der Waals surface area contributed by atoms with Crippen LogP contribution in [0.25, 0.3) is 0 Å². The Labute approximate surface area is 126 Å². The van der Waals surface area contributed by atoms with Crippen molar-refractivity contribution in [2.24, 2.45) is 11.8 Å². The molecule has 1 aliphatic rings. The summed E-state index contributed by atoms with van der Waals surface area (Å²) in [4.78, 5) is 4.57. The quantitative estimate of drug-likeness (QED) is 0.626. The molecule has 4 nitrogen and oxygen atoms in total. The highest BCUT2D eigenvalue weighted by Gasteiger charge is 2.42. The Morgan fingerprint density at radius 1 is 1.55 bits per heavy atom. The molecule has 0 aromatic carbocycles. The van der Waals surface area contributed by atoms with E-state index in [4.69, 9.17) is 10.6 Å². The number of nitrogens with zero attached hydrogens (tertiary/aromatic N) is 1. The average Bonchev–Trinajstić information content (AvgIpc) is 2.85. The molecular formula is C15H27N3OS. The molecule has 1 atom stereocenters. The van der Waals surface area contributed by atoms with Crippen molar-refractivity contribution in [1.82, 2.24) is 10.4 Å². The van der Waals surface area contributed by atoms with Gasteiger partial charge in [0.15, 0.2) is 0 Å². The molecule has 1 aromatic heterocycles. The van der Waals surface area contributed by atoms with Gasteiger partial charge in [-0.25, -0.2) is 4.98 Å². The molecule has 1 unspecified atom stereocenters. The van der Waals surface area contributed by atoms with E-state index >= 15 is 0 Å². The number of hydrogen-bond donors (Lipinski definition) is 2. The van der Waals surface area contributed by atoms with Crippen molar-refractivity contribution in [3.8, 4) is 0 Å². The Hall–Kier alpha value is -0.490. The Kier molecular flexibility index (Phi) is 5.55. The summed E-state index contributed by atoms with van der Waals surface area (Å²) in [5.74, 6) is 6.65. The van der Waals surface area contributed by atoms with Gasteiger partial charge >= 0.3 is 0 Å². The lowest BCUT2D eigenvalue weighted by Gasteiger charge is -2.44. The van der Waals surface area contributed by atoms with Gasteiger partial charge in [-0.3, -0.25) is 11.3 Å². The van der Waals surface area contributed by atoms with Gasteiger partial charge in [0.2, 0.25) is 0 Å². The fourth-order valence-electron chi connectivity index (χ4n) is 3.20. The van der Waals surface area contributed by atoms with Gasteiger partial charge in [-0.15, -0.1) is 11.3 Å². The second-order valence-corrected chi connectivity index (χ2v) is 6.93. The maximum Gasteiger partial charge on any atom is 0.0945 e. The Morgan fingerprint density at radius 2 is 2.25 bits per heavy atom. The van der Waals surface area contributed by atoms with E-state index in [-0.39, 0.29) is 11.6 Å². The zero-order chi connectivity index (χ0) is 14.6. The minimum Gasteiger partial charge on any atom is -0.374 e. The third-order valence-corrected chi connectivity index (χ3v) is 5.42. The first-order valence-corrected chi connectivity index (χ1v) is 8.48. The Bertz CT molecular complexity index is 413. The van der Waals surface area contributed by atoms with Crippen LogP contribution in [-0.2, 0) is 11.2 Å². The number of nitrogens with one attached hydrogen (secondary N) is 1. The van der Waals surface area contributed by atoms with Crippen molar-refractivity contribution in [2.45, 2.75) is 64.5 Å². The summed E-state index contributed by atoms with van der Waals surface area (Å²) >= 11 is 1.71. The van der Waals surface area contributed by atoms with Crippen LogP contribution < -0.4 is 11.3 Å². The molecule has 0 amide bonds. The summed E-state index contributed by atoms with van der Waals surface area (Å²) in [5.41, 5.74) is 3.97. The number of aryl methyl sites for hydroxylation is 1. The minimum absolute atomic E-state index is 0.129. The van der Waals surface area contributed by atoms with Crippen molar-refractivity contribution in [3.63, 3.8) is 0 Å². The molecule has 1 aromatic rings. The maximum absolute atomic E-state index is 6.19. The summed E-state index contributed by atoms with van der Waals surface area (Å²) in [6, 6.07) is 0.139. The van der Waals surface area contributed by atoms with Gasteiger partial charge in [0.25, 0.3) is 0 Å². The second kappa shape index (κ2) is 6.98. The third kappa shape index (κ3) is 3.58. The van der Waals surface area contributed by atoms with Crippen LogP contribution >= 0.6 is 11.3 Å². The van der Waals surface area contributed by atoms with E-state index in [1.54, 1.807) is 11.3 Å². The molecule has 0 bridgehead atoms. The molecule has 20 heavy (non-hydrogen) atoms. The summed E-state index contributed by atoms with van der Waals surface area (Å²) in [7, 11) is 0. The van der Waals surface area contributed by atoms with Crippen LogP contribution in [0.1, 0.15) is 50.2 Å². The first-order valence-electron chi connectivity index (χ1n) is 7.60. The molecule has 3 N–H and O–H groups in total. The number of ether oxygens (including phenoxy) is 1. The molecule has 114 valence electrons. The number of thiazole rings is 1. The monoisotopic (exact) mass is 297 g/mol. The molecule has 1 heterocycles. The van der Waals surface area contributed by atoms with Crippen LogP contribution in [0, 0.1) is 12.8 Å². The summed E-state index contributed by atoms with van der Waals surface area (Å²) in [6.45, 7) is 7.17. The van der Waals surface area contributed by atoms with Crippen LogP contribution in [0.2, 0.25) is 0 Å². The van der Waals surface area contributed by atoms with Gasteiger partial charge in [-0.1, -0.05) is 6.92 Å². The molecular weight excluding hydrogens is 270 g/mol. The first-order chi connectivity index (χ1) is 9.59. The van der Waals surface area contributed by atoms with E-state index in [2.05, 4.69) is 29.6 Å².